The molecule has 1 aromatic carbocycles. The second-order valence-corrected chi connectivity index (χ2v) is 9.81. The minimum Gasteiger partial charge on any atom is -0.349 e. The van der Waals surface area contributed by atoms with E-state index in [1.807, 2.05) is 42.8 Å². The molecule has 1 saturated carbocycles. The number of nitrogens with zero attached hydrogens (tertiary/aromatic N) is 2. The Balaban J connectivity index is 1.55. The molecule has 7 heteroatoms. The Labute approximate surface area is 164 Å². The van der Waals surface area contributed by atoms with E-state index in [4.69, 9.17) is 0 Å². The first-order valence-corrected chi connectivity index (χ1v) is 10.8. The lowest BCUT2D eigenvalue weighted by Crippen LogP contribution is -2.56. The number of amides is 1. The van der Waals surface area contributed by atoms with Gasteiger partial charge in [0.25, 0.3) is 0 Å². The van der Waals surface area contributed by atoms with Gasteiger partial charge in [-0.25, -0.2) is 13.4 Å². The van der Waals surface area contributed by atoms with Crippen molar-refractivity contribution >= 4 is 21.4 Å². The van der Waals surface area contributed by atoms with Crippen LogP contribution < -0.4 is 5.32 Å². The number of fused-ring (bicyclic) bond motifs is 1. The number of carbonyl (C=O) groups excluding carboxylic acids is 1. The first kappa shape index (κ1) is 18.7. The second-order valence-electron chi connectivity index (χ2n) is 7.55. The maximum atomic E-state index is 13.2. The average Bonchev–Trinajstić information content (AvgIpc) is 3.01. The van der Waals surface area contributed by atoms with Gasteiger partial charge in [-0.2, -0.15) is 0 Å². The van der Waals surface area contributed by atoms with Gasteiger partial charge in [-0.3, -0.25) is 4.79 Å². The molecule has 1 fully saturated rings. The predicted octanol–water partition coefficient (Wildman–Crippen LogP) is 2.96. The fourth-order valence-corrected chi connectivity index (χ4v) is 5.72. The van der Waals surface area contributed by atoms with E-state index in [-0.39, 0.29) is 11.4 Å². The van der Waals surface area contributed by atoms with E-state index in [0.717, 1.165) is 23.2 Å². The van der Waals surface area contributed by atoms with Gasteiger partial charge in [0.05, 0.1) is 17.1 Å². The number of rotatable bonds is 5. The lowest BCUT2D eigenvalue weighted by molar-refractivity contribution is -0.125. The lowest BCUT2D eigenvalue weighted by atomic mass is 9.83. The average molecular weight is 398 g/mol. The normalized spacial score (nSPS) is 15.9. The van der Waals surface area contributed by atoms with Crippen LogP contribution in [0.5, 0.6) is 0 Å². The highest BCUT2D eigenvalue weighted by molar-refractivity contribution is 7.93. The van der Waals surface area contributed by atoms with Crippen LogP contribution in [0.4, 0.5) is 0 Å². The minimum absolute atomic E-state index is 0.199. The molecule has 2 heterocycles. The summed E-state index contributed by atoms with van der Waals surface area (Å²) < 4.78 is 26.9. The third-order valence-electron chi connectivity index (χ3n) is 5.50. The Morgan fingerprint density at radius 2 is 1.75 bits per heavy atom. The SMILES string of the molecule is Cc1ccc(S(=O)(=O)C2(C(=O)NCc3cn4cc(C)ccc4n3)CCC2)cc1. The van der Waals surface area contributed by atoms with E-state index in [1.165, 1.54) is 0 Å². The topological polar surface area (TPSA) is 80.5 Å². The summed E-state index contributed by atoms with van der Waals surface area (Å²) in [6.45, 7) is 4.10. The van der Waals surface area contributed by atoms with Crippen molar-refractivity contribution in [3.8, 4) is 0 Å². The summed E-state index contributed by atoms with van der Waals surface area (Å²) in [5, 5.41) is 2.81. The van der Waals surface area contributed by atoms with Crippen molar-refractivity contribution in [3.63, 3.8) is 0 Å². The molecule has 0 aliphatic heterocycles. The van der Waals surface area contributed by atoms with E-state index >= 15 is 0 Å². The van der Waals surface area contributed by atoms with Crippen LogP contribution in [0.15, 0.2) is 53.7 Å². The molecule has 0 saturated heterocycles. The van der Waals surface area contributed by atoms with Gasteiger partial charge in [0.2, 0.25) is 5.91 Å². The third kappa shape index (κ3) is 2.99. The Kier molecular flexibility index (Phi) is 4.50. The minimum atomic E-state index is -3.75. The molecule has 0 unspecified atom stereocenters. The number of benzene rings is 1. The first-order valence-electron chi connectivity index (χ1n) is 9.36. The standard InChI is InChI=1S/C21H23N3O3S/c1-15-4-7-18(8-5-15)28(26,27)21(10-3-11-21)20(25)22-12-17-14-24-13-16(2)6-9-19(24)23-17/h4-9,13-14H,3,10-12H2,1-2H3,(H,22,25). The van der Waals surface area contributed by atoms with Gasteiger partial charge in [-0.05, 0) is 56.9 Å². The number of aromatic nitrogens is 2. The molecular weight excluding hydrogens is 374 g/mol. The summed E-state index contributed by atoms with van der Waals surface area (Å²) in [6.07, 6.45) is 5.23. The Morgan fingerprint density at radius 3 is 2.39 bits per heavy atom. The summed E-state index contributed by atoms with van der Waals surface area (Å²) in [5.74, 6) is -0.437. The quantitative estimate of drug-likeness (QED) is 0.718. The molecule has 4 rings (SSSR count). The van der Waals surface area contributed by atoms with Crippen LogP contribution in [-0.4, -0.2) is 28.5 Å². The molecule has 28 heavy (non-hydrogen) atoms. The molecule has 1 aliphatic carbocycles. The van der Waals surface area contributed by atoms with Crippen LogP contribution in [0.2, 0.25) is 0 Å². The molecular formula is C21H23N3O3S. The molecule has 1 N–H and O–H groups in total. The fraction of sp³-hybridized carbons (Fsp3) is 0.333. The van der Waals surface area contributed by atoms with Crippen LogP contribution in [0.25, 0.3) is 5.65 Å². The monoisotopic (exact) mass is 397 g/mol. The molecule has 146 valence electrons. The molecule has 1 amide bonds. The van der Waals surface area contributed by atoms with Gasteiger partial charge < -0.3 is 9.72 Å². The van der Waals surface area contributed by atoms with Crippen LogP contribution in [0.3, 0.4) is 0 Å². The maximum Gasteiger partial charge on any atom is 0.242 e. The van der Waals surface area contributed by atoms with Gasteiger partial charge in [-0.15, -0.1) is 0 Å². The number of hydrogen-bond acceptors (Lipinski definition) is 4. The van der Waals surface area contributed by atoms with Crippen molar-refractivity contribution in [1.82, 2.24) is 14.7 Å². The van der Waals surface area contributed by atoms with Crippen LogP contribution in [-0.2, 0) is 21.2 Å². The summed E-state index contributed by atoms with van der Waals surface area (Å²) in [6, 6.07) is 10.6. The predicted molar refractivity (Wildman–Crippen MR) is 107 cm³/mol. The van der Waals surface area contributed by atoms with Crippen molar-refractivity contribution < 1.29 is 13.2 Å². The van der Waals surface area contributed by atoms with Crippen LogP contribution >= 0.6 is 0 Å². The van der Waals surface area contributed by atoms with Gasteiger partial charge in [0.15, 0.2) is 14.6 Å². The third-order valence-corrected chi connectivity index (χ3v) is 8.01. The summed E-state index contributed by atoms with van der Waals surface area (Å²) in [7, 11) is -3.75. The molecule has 2 aromatic heterocycles. The van der Waals surface area contributed by atoms with Crippen LogP contribution in [0, 0.1) is 13.8 Å². The number of aryl methyl sites for hydroxylation is 2. The van der Waals surface area contributed by atoms with E-state index < -0.39 is 20.5 Å². The van der Waals surface area contributed by atoms with Crippen molar-refractivity contribution in [1.29, 1.82) is 0 Å². The van der Waals surface area contributed by atoms with Crippen molar-refractivity contribution in [2.24, 2.45) is 0 Å². The van der Waals surface area contributed by atoms with Gasteiger partial charge in [0.1, 0.15) is 5.65 Å². The lowest BCUT2D eigenvalue weighted by Gasteiger charge is -2.39. The molecule has 0 atom stereocenters. The molecule has 0 spiro atoms. The molecule has 0 radical (unpaired) electrons. The molecule has 6 nitrogen and oxygen atoms in total. The van der Waals surface area contributed by atoms with Crippen LogP contribution in [0.1, 0.15) is 36.1 Å². The summed E-state index contributed by atoms with van der Waals surface area (Å²) in [4.78, 5) is 17.6. The maximum absolute atomic E-state index is 13.2. The van der Waals surface area contributed by atoms with Gasteiger partial charge in [-0.1, -0.05) is 23.8 Å². The number of nitrogens with one attached hydrogen (secondary N) is 1. The number of imidazole rings is 1. The van der Waals surface area contributed by atoms with Crippen molar-refractivity contribution in [2.45, 2.75) is 49.3 Å². The highest BCUT2D eigenvalue weighted by Crippen LogP contribution is 2.43. The van der Waals surface area contributed by atoms with Crippen molar-refractivity contribution in [2.75, 3.05) is 0 Å². The largest absolute Gasteiger partial charge is 0.349 e. The van der Waals surface area contributed by atoms with E-state index in [0.29, 0.717) is 18.5 Å². The molecule has 1 aliphatic rings. The number of carbonyl (C=O) groups is 1. The highest BCUT2D eigenvalue weighted by Gasteiger charge is 2.55. The number of sulfone groups is 1. The fourth-order valence-electron chi connectivity index (χ4n) is 3.63. The van der Waals surface area contributed by atoms with E-state index in [2.05, 4.69) is 10.3 Å². The number of hydrogen-bond donors (Lipinski definition) is 1. The number of pyridine rings is 1. The molecule has 3 aromatic rings. The van der Waals surface area contributed by atoms with Crippen molar-refractivity contribution in [3.05, 3.63) is 65.6 Å². The summed E-state index contributed by atoms with van der Waals surface area (Å²) >= 11 is 0. The Bertz CT molecular complexity index is 1140. The zero-order valence-electron chi connectivity index (χ0n) is 16.0. The highest BCUT2D eigenvalue weighted by atomic mass is 32.2. The zero-order chi connectivity index (χ0) is 19.9. The first-order chi connectivity index (χ1) is 13.3. The second kappa shape index (κ2) is 6.74. The summed E-state index contributed by atoms with van der Waals surface area (Å²) in [5.41, 5.74) is 3.58. The molecule has 0 bridgehead atoms. The van der Waals surface area contributed by atoms with E-state index in [9.17, 15) is 13.2 Å². The Morgan fingerprint density at radius 1 is 1.07 bits per heavy atom. The van der Waals surface area contributed by atoms with Gasteiger partial charge >= 0.3 is 0 Å². The zero-order valence-corrected chi connectivity index (χ0v) is 16.8. The van der Waals surface area contributed by atoms with Gasteiger partial charge in [0, 0.05) is 12.4 Å². The smallest absolute Gasteiger partial charge is 0.242 e. The van der Waals surface area contributed by atoms with E-state index in [1.54, 1.807) is 24.3 Å². The Hall–Kier alpha value is -2.67.